The van der Waals surface area contributed by atoms with Gasteiger partial charge in [0.05, 0.1) is 0 Å². The van der Waals surface area contributed by atoms with Crippen molar-refractivity contribution < 1.29 is 4.79 Å². The number of nitrogens with zero attached hydrogens (tertiary/aromatic N) is 2. The van der Waals surface area contributed by atoms with Gasteiger partial charge in [-0.2, -0.15) is 0 Å². The average molecular weight is 385 g/mol. The first kappa shape index (κ1) is 20.8. The molecular formula is C21H28N4OS. The third-order valence-corrected chi connectivity index (χ3v) is 4.99. The zero-order valence-corrected chi connectivity index (χ0v) is 17.3. The zero-order chi connectivity index (χ0) is 19.6. The minimum Gasteiger partial charge on any atom is -0.356 e. The number of rotatable bonds is 7. The van der Waals surface area contributed by atoms with Gasteiger partial charge in [-0.15, -0.1) is 11.8 Å². The van der Waals surface area contributed by atoms with Gasteiger partial charge in [0, 0.05) is 50.4 Å². The Bertz CT molecular complexity index is 755. The first-order valence-corrected chi connectivity index (χ1v) is 9.92. The van der Waals surface area contributed by atoms with Crippen molar-refractivity contribution in [2.45, 2.75) is 18.4 Å². The molecule has 0 aliphatic heterocycles. The molecule has 0 unspecified atom stereocenters. The Morgan fingerprint density at radius 2 is 1.70 bits per heavy atom. The van der Waals surface area contributed by atoms with E-state index in [2.05, 4.69) is 46.8 Å². The van der Waals surface area contributed by atoms with Gasteiger partial charge < -0.3 is 15.5 Å². The third kappa shape index (κ3) is 6.98. The monoisotopic (exact) mass is 384 g/mol. The van der Waals surface area contributed by atoms with E-state index in [0.29, 0.717) is 12.1 Å². The first-order chi connectivity index (χ1) is 13.0. The SMILES string of the molecule is CN=C(NCCSc1ccc(C)cc1)NCc1ccc(C(=O)N(C)C)cc1. The minimum atomic E-state index is 0.0121. The average Bonchev–Trinajstić information content (AvgIpc) is 2.68. The quantitative estimate of drug-likeness (QED) is 0.333. The smallest absolute Gasteiger partial charge is 0.253 e. The summed E-state index contributed by atoms with van der Waals surface area (Å²) in [5.74, 6) is 1.75. The highest BCUT2D eigenvalue weighted by atomic mass is 32.2. The normalized spacial score (nSPS) is 11.2. The van der Waals surface area contributed by atoms with Crippen molar-refractivity contribution >= 4 is 23.6 Å². The van der Waals surface area contributed by atoms with Crippen molar-refractivity contribution in [2.75, 3.05) is 33.4 Å². The van der Waals surface area contributed by atoms with Gasteiger partial charge in [0.2, 0.25) is 0 Å². The molecule has 0 radical (unpaired) electrons. The second-order valence-corrected chi connectivity index (χ2v) is 7.58. The van der Waals surface area contributed by atoms with Gasteiger partial charge in [0.15, 0.2) is 5.96 Å². The summed E-state index contributed by atoms with van der Waals surface area (Å²) in [6.07, 6.45) is 0. The highest BCUT2D eigenvalue weighted by Gasteiger charge is 2.07. The molecule has 0 fully saturated rings. The lowest BCUT2D eigenvalue weighted by atomic mass is 10.1. The maximum absolute atomic E-state index is 11.9. The summed E-state index contributed by atoms with van der Waals surface area (Å²) in [5.41, 5.74) is 3.07. The topological polar surface area (TPSA) is 56.7 Å². The van der Waals surface area contributed by atoms with Gasteiger partial charge in [-0.3, -0.25) is 9.79 Å². The van der Waals surface area contributed by atoms with Crippen LogP contribution in [0.2, 0.25) is 0 Å². The van der Waals surface area contributed by atoms with Gasteiger partial charge in [0.1, 0.15) is 0 Å². The van der Waals surface area contributed by atoms with E-state index in [1.807, 2.05) is 36.0 Å². The number of amides is 1. The van der Waals surface area contributed by atoms with E-state index in [9.17, 15) is 4.79 Å². The Hall–Kier alpha value is -2.47. The van der Waals surface area contributed by atoms with Gasteiger partial charge in [-0.1, -0.05) is 29.8 Å². The Morgan fingerprint density at radius 1 is 1.04 bits per heavy atom. The minimum absolute atomic E-state index is 0.0121. The Kier molecular flexibility index (Phi) is 8.20. The van der Waals surface area contributed by atoms with Crippen LogP contribution in [0.4, 0.5) is 0 Å². The number of hydrogen-bond acceptors (Lipinski definition) is 3. The van der Waals surface area contributed by atoms with Crippen LogP contribution in [-0.4, -0.2) is 50.2 Å². The number of carbonyl (C=O) groups excluding carboxylic acids is 1. The number of thioether (sulfide) groups is 1. The summed E-state index contributed by atoms with van der Waals surface area (Å²) in [7, 11) is 5.27. The van der Waals surface area contributed by atoms with E-state index in [1.54, 1.807) is 26.0 Å². The number of aliphatic imine (C=N–C) groups is 1. The second-order valence-electron chi connectivity index (χ2n) is 6.41. The zero-order valence-electron chi connectivity index (χ0n) is 16.5. The van der Waals surface area contributed by atoms with Crippen molar-refractivity contribution in [1.29, 1.82) is 0 Å². The lowest BCUT2D eigenvalue weighted by molar-refractivity contribution is 0.0827. The first-order valence-electron chi connectivity index (χ1n) is 8.94. The molecule has 0 atom stereocenters. The van der Waals surface area contributed by atoms with Crippen LogP contribution in [0, 0.1) is 6.92 Å². The summed E-state index contributed by atoms with van der Waals surface area (Å²) in [5, 5.41) is 6.62. The Balaban J connectivity index is 1.73. The van der Waals surface area contributed by atoms with Crippen LogP contribution in [0.5, 0.6) is 0 Å². The van der Waals surface area contributed by atoms with Gasteiger partial charge in [-0.05, 0) is 36.8 Å². The van der Waals surface area contributed by atoms with Crippen molar-refractivity contribution in [3.63, 3.8) is 0 Å². The van der Waals surface area contributed by atoms with Crippen LogP contribution in [0.1, 0.15) is 21.5 Å². The van der Waals surface area contributed by atoms with Crippen LogP contribution < -0.4 is 10.6 Å². The fourth-order valence-corrected chi connectivity index (χ4v) is 3.17. The van der Waals surface area contributed by atoms with Gasteiger partial charge in [-0.25, -0.2) is 0 Å². The molecule has 0 spiro atoms. The molecule has 27 heavy (non-hydrogen) atoms. The van der Waals surface area contributed by atoms with Crippen LogP contribution in [0.25, 0.3) is 0 Å². The molecule has 2 aromatic rings. The predicted octanol–water partition coefficient (Wildman–Crippen LogP) is 3.15. The fourth-order valence-electron chi connectivity index (χ4n) is 2.40. The van der Waals surface area contributed by atoms with Crippen molar-refractivity contribution in [1.82, 2.24) is 15.5 Å². The van der Waals surface area contributed by atoms with Crippen LogP contribution >= 0.6 is 11.8 Å². The maximum Gasteiger partial charge on any atom is 0.253 e. The molecule has 0 aromatic heterocycles. The molecule has 2 rings (SSSR count). The Morgan fingerprint density at radius 3 is 2.30 bits per heavy atom. The molecule has 0 saturated heterocycles. The molecule has 0 saturated carbocycles. The molecule has 2 aromatic carbocycles. The lowest BCUT2D eigenvalue weighted by Gasteiger charge is -2.13. The predicted molar refractivity (Wildman–Crippen MR) is 115 cm³/mol. The van der Waals surface area contributed by atoms with Gasteiger partial charge >= 0.3 is 0 Å². The van der Waals surface area contributed by atoms with Gasteiger partial charge in [0.25, 0.3) is 5.91 Å². The Labute approximate surface area is 166 Å². The molecular weight excluding hydrogens is 356 g/mol. The largest absolute Gasteiger partial charge is 0.356 e. The molecule has 0 aliphatic carbocycles. The molecule has 6 heteroatoms. The molecule has 5 nitrogen and oxygen atoms in total. The summed E-state index contributed by atoms with van der Waals surface area (Å²) < 4.78 is 0. The summed E-state index contributed by atoms with van der Waals surface area (Å²) in [6, 6.07) is 16.2. The molecule has 0 bridgehead atoms. The summed E-state index contributed by atoms with van der Waals surface area (Å²) in [4.78, 5) is 19.0. The second kappa shape index (κ2) is 10.6. The van der Waals surface area contributed by atoms with E-state index in [1.165, 1.54) is 10.5 Å². The van der Waals surface area contributed by atoms with Crippen molar-refractivity contribution in [3.8, 4) is 0 Å². The number of nitrogens with one attached hydrogen (secondary N) is 2. The van der Waals surface area contributed by atoms with E-state index >= 15 is 0 Å². The van der Waals surface area contributed by atoms with Crippen molar-refractivity contribution in [3.05, 3.63) is 65.2 Å². The maximum atomic E-state index is 11.9. The van der Waals surface area contributed by atoms with Crippen LogP contribution in [-0.2, 0) is 6.54 Å². The van der Waals surface area contributed by atoms with Crippen LogP contribution in [0.15, 0.2) is 58.4 Å². The molecule has 144 valence electrons. The fraction of sp³-hybridized carbons (Fsp3) is 0.333. The van der Waals surface area contributed by atoms with Crippen LogP contribution in [0.3, 0.4) is 0 Å². The number of guanidine groups is 1. The summed E-state index contributed by atoms with van der Waals surface area (Å²) in [6.45, 7) is 3.58. The number of carbonyl (C=O) groups is 1. The van der Waals surface area contributed by atoms with E-state index in [4.69, 9.17) is 0 Å². The number of benzene rings is 2. The third-order valence-electron chi connectivity index (χ3n) is 3.97. The highest BCUT2D eigenvalue weighted by Crippen LogP contribution is 2.17. The lowest BCUT2D eigenvalue weighted by Crippen LogP contribution is -2.37. The standard InChI is InChI=1S/C21H28N4OS/c1-16-5-11-19(12-6-16)27-14-13-23-21(22-2)24-15-17-7-9-18(10-8-17)20(26)25(3)4/h5-12H,13-15H2,1-4H3,(H2,22,23,24). The van der Waals surface area contributed by atoms with E-state index < -0.39 is 0 Å². The molecule has 2 N–H and O–H groups in total. The molecule has 0 aliphatic rings. The molecule has 0 heterocycles. The van der Waals surface area contributed by atoms with E-state index in [-0.39, 0.29) is 5.91 Å². The van der Waals surface area contributed by atoms with Crippen molar-refractivity contribution in [2.24, 2.45) is 4.99 Å². The number of aryl methyl sites for hydroxylation is 1. The number of hydrogen-bond donors (Lipinski definition) is 2. The molecule has 1 amide bonds. The highest BCUT2D eigenvalue weighted by molar-refractivity contribution is 7.99. The van der Waals surface area contributed by atoms with E-state index in [0.717, 1.165) is 23.8 Å². The summed E-state index contributed by atoms with van der Waals surface area (Å²) >= 11 is 1.82.